The summed E-state index contributed by atoms with van der Waals surface area (Å²) in [4.78, 5) is 21.4. The van der Waals surface area contributed by atoms with Crippen molar-refractivity contribution >= 4 is 11.6 Å². The van der Waals surface area contributed by atoms with Gasteiger partial charge in [-0.3, -0.25) is 14.9 Å². The number of carbonyl (C=O) groups is 1. The molecule has 6 nitrogen and oxygen atoms in total. The second-order valence-electron chi connectivity index (χ2n) is 3.93. The lowest BCUT2D eigenvalue weighted by Crippen LogP contribution is -2.29. The lowest BCUT2D eigenvalue weighted by molar-refractivity contribution is -0.385. The zero-order valence-corrected chi connectivity index (χ0v) is 8.72. The van der Waals surface area contributed by atoms with Crippen molar-refractivity contribution in [2.45, 2.75) is 18.5 Å². The molecule has 1 fully saturated rings. The third-order valence-corrected chi connectivity index (χ3v) is 2.51. The molecule has 0 spiro atoms. The molecular formula is C10H10FN3O3. The molecule has 17 heavy (non-hydrogen) atoms. The van der Waals surface area contributed by atoms with Crippen LogP contribution >= 0.6 is 0 Å². The molecule has 0 bridgehead atoms. The largest absolute Gasteiger partial charge is 0.348 e. The van der Waals surface area contributed by atoms with E-state index in [2.05, 4.69) is 5.32 Å². The fraction of sp³-hybridized carbons (Fsp3) is 0.300. The Balaban J connectivity index is 2.19. The van der Waals surface area contributed by atoms with Gasteiger partial charge in [-0.1, -0.05) is 0 Å². The molecule has 3 N–H and O–H groups in total. The normalized spacial score (nSPS) is 22.0. The van der Waals surface area contributed by atoms with Gasteiger partial charge < -0.3 is 11.1 Å². The first-order valence-electron chi connectivity index (χ1n) is 4.99. The van der Waals surface area contributed by atoms with Crippen LogP contribution < -0.4 is 11.1 Å². The summed E-state index contributed by atoms with van der Waals surface area (Å²) in [5, 5.41) is 13.1. The third kappa shape index (κ3) is 2.56. The van der Waals surface area contributed by atoms with Crippen molar-refractivity contribution in [2.75, 3.05) is 0 Å². The summed E-state index contributed by atoms with van der Waals surface area (Å²) >= 11 is 0. The van der Waals surface area contributed by atoms with Gasteiger partial charge in [0, 0.05) is 23.7 Å². The van der Waals surface area contributed by atoms with Crippen molar-refractivity contribution in [1.82, 2.24) is 5.32 Å². The molecule has 1 aromatic rings. The highest BCUT2D eigenvalue weighted by molar-refractivity contribution is 5.95. The lowest BCUT2D eigenvalue weighted by Gasteiger charge is -2.03. The fourth-order valence-corrected chi connectivity index (χ4v) is 1.44. The van der Waals surface area contributed by atoms with E-state index in [0.29, 0.717) is 6.42 Å². The minimum absolute atomic E-state index is 0.0733. The number of nitrogens with one attached hydrogen (secondary N) is 1. The molecule has 0 saturated heterocycles. The van der Waals surface area contributed by atoms with Gasteiger partial charge in [0.05, 0.1) is 11.0 Å². The molecule has 2 unspecified atom stereocenters. The molecule has 1 saturated carbocycles. The molecule has 2 rings (SSSR count). The monoisotopic (exact) mass is 239 g/mol. The Morgan fingerprint density at radius 3 is 2.71 bits per heavy atom. The summed E-state index contributed by atoms with van der Waals surface area (Å²) in [6.07, 6.45) is 0.670. The van der Waals surface area contributed by atoms with Gasteiger partial charge in [-0.25, -0.2) is 4.39 Å². The average molecular weight is 239 g/mol. The van der Waals surface area contributed by atoms with Crippen LogP contribution in [0.25, 0.3) is 0 Å². The number of carbonyl (C=O) groups excluding carboxylic acids is 1. The van der Waals surface area contributed by atoms with Crippen molar-refractivity contribution < 1.29 is 14.1 Å². The number of non-ortho nitro benzene ring substituents is 1. The van der Waals surface area contributed by atoms with E-state index < -0.39 is 22.3 Å². The molecule has 7 heteroatoms. The van der Waals surface area contributed by atoms with Crippen molar-refractivity contribution in [1.29, 1.82) is 0 Å². The van der Waals surface area contributed by atoms with E-state index in [-0.39, 0.29) is 17.6 Å². The molecular weight excluding hydrogens is 229 g/mol. The van der Waals surface area contributed by atoms with Crippen LogP contribution in [0.5, 0.6) is 0 Å². The van der Waals surface area contributed by atoms with Crippen LogP contribution in [0.15, 0.2) is 18.2 Å². The quantitative estimate of drug-likeness (QED) is 0.594. The standard InChI is InChI=1S/C10H10FN3O3/c11-6-1-5(2-7(3-6)14(16)17)10(15)13-9-4-8(9)12/h1-3,8-9H,4,12H2,(H,13,15). The number of halogens is 1. The number of rotatable bonds is 3. The van der Waals surface area contributed by atoms with E-state index in [1.807, 2.05) is 0 Å². The fourth-order valence-electron chi connectivity index (χ4n) is 1.44. The smallest absolute Gasteiger partial charge is 0.273 e. The summed E-state index contributed by atoms with van der Waals surface area (Å²) in [6, 6.07) is 2.55. The van der Waals surface area contributed by atoms with Gasteiger partial charge in [-0.05, 0) is 12.5 Å². The molecule has 1 aliphatic carbocycles. The summed E-state index contributed by atoms with van der Waals surface area (Å²) < 4.78 is 13.1. The summed E-state index contributed by atoms with van der Waals surface area (Å²) in [6.45, 7) is 0. The molecule has 2 atom stereocenters. The second kappa shape index (κ2) is 4.10. The number of hydrogen-bond acceptors (Lipinski definition) is 4. The highest BCUT2D eigenvalue weighted by Crippen LogP contribution is 2.20. The van der Waals surface area contributed by atoms with Gasteiger partial charge in [-0.15, -0.1) is 0 Å². The van der Waals surface area contributed by atoms with Gasteiger partial charge in [0.1, 0.15) is 5.82 Å². The van der Waals surface area contributed by atoms with E-state index in [1.54, 1.807) is 0 Å². The number of amides is 1. The van der Waals surface area contributed by atoms with Gasteiger partial charge in [-0.2, -0.15) is 0 Å². The molecule has 0 aromatic heterocycles. The molecule has 1 amide bonds. The van der Waals surface area contributed by atoms with Crippen molar-refractivity contribution in [3.8, 4) is 0 Å². The first-order chi connectivity index (χ1) is 7.97. The first kappa shape index (κ1) is 11.5. The Kier molecular flexibility index (Phi) is 2.76. The minimum atomic E-state index is -0.815. The van der Waals surface area contributed by atoms with Crippen LogP contribution in [0.3, 0.4) is 0 Å². The van der Waals surface area contributed by atoms with Crippen molar-refractivity contribution in [3.05, 3.63) is 39.7 Å². The Bertz CT molecular complexity index is 492. The maximum Gasteiger partial charge on any atom is 0.273 e. The maximum absolute atomic E-state index is 13.1. The summed E-state index contributed by atoms with van der Waals surface area (Å²) in [5.74, 6) is -1.37. The Morgan fingerprint density at radius 1 is 1.53 bits per heavy atom. The Labute approximate surface area is 95.8 Å². The van der Waals surface area contributed by atoms with Gasteiger partial charge in [0.15, 0.2) is 0 Å². The second-order valence-corrected chi connectivity index (χ2v) is 3.93. The number of nitro benzene ring substituents is 1. The molecule has 0 radical (unpaired) electrons. The number of hydrogen-bond donors (Lipinski definition) is 2. The highest BCUT2D eigenvalue weighted by Gasteiger charge is 2.35. The number of nitrogens with zero attached hydrogens (tertiary/aromatic N) is 1. The van der Waals surface area contributed by atoms with Gasteiger partial charge >= 0.3 is 0 Å². The number of nitro groups is 1. The number of nitrogens with two attached hydrogens (primary N) is 1. The molecule has 1 aliphatic rings. The third-order valence-electron chi connectivity index (χ3n) is 2.51. The zero-order valence-electron chi connectivity index (χ0n) is 8.72. The molecule has 1 aromatic carbocycles. The molecule has 0 aliphatic heterocycles. The van der Waals surface area contributed by atoms with E-state index >= 15 is 0 Å². The van der Waals surface area contributed by atoms with Gasteiger partial charge in [0.2, 0.25) is 0 Å². The van der Waals surface area contributed by atoms with Crippen LogP contribution in [0, 0.1) is 15.9 Å². The number of benzene rings is 1. The zero-order chi connectivity index (χ0) is 12.6. The highest BCUT2D eigenvalue weighted by atomic mass is 19.1. The van der Waals surface area contributed by atoms with E-state index in [4.69, 9.17) is 5.73 Å². The van der Waals surface area contributed by atoms with Gasteiger partial charge in [0.25, 0.3) is 11.6 Å². The SMILES string of the molecule is NC1CC1NC(=O)c1cc(F)cc([N+](=O)[O-])c1. The molecule has 90 valence electrons. The van der Waals surface area contributed by atoms with Crippen LogP contribution in [0.2, 0.25) is 0 Å². The minimum Gasteiger partial charge on any atom is -0.348 e. The Hall–Kier alpha value is -2.02. The predicted molar refractivity (Wildman–Crippen MR) is 56.9 cm³/mol. The van der Waals surface area contributed by atoms with E-state index in [0.717, 1.165) is 18.2 Å². The topological polar surface area (TPSA) is 98.3 Å². The maximum atomic E-state index is 13.1. The summed E-state index contributed by atoms with van der Waals surface area (Å²) in [7, 11) is 0. The Morgan fingerprint density at radius 2 is 2.18 bits per heavy atom. The predicted octanol–water partition coefficient (Wildman–Crippen LogP) is 0.563. The lowest BCUT2D eigenvalue weighted by atomic mass is 10.2. The molecule has 0 heterocycles. The van der Waals surface area contributed by atoms with Crippen LogP contribution in [0.1, 0.15) is 16.8 Å². The van der Waals surface area contributed by atoms with Crippen LogP contribution in [0.4, 0.5) is 10.1 Å². The van der Waals surface area contributed by atoms with Crippen molar-refractivity contribution in [3.63, 3.8) is 0 Å². The van der Waals surface area contributed by atoms with Crippen LogP contribution in [-0.2, 0) is 0 Å². The van der Waals surface area contributed by atoms with Crippen LogP contribution in [-0.4, -0.2) is 22.9 Å². The van der Waals surface area contributed by atoms with Crippen molar-refractivity contribution in [2.24, 2.45) is 5.73 Å². The first-order valence-corrected chi connectivity index (χ1v) is 4.99. The average Bonchev–Trinajstić information content (AvgIpc) is 2.93. The van der Waals surface area contributed by atoms with E-state index in [9.17, 15) is 19.3 Å². The summed E-state index contributed by atoms with van der Waals surface area (Å²) in [5.41, 5.74) is 4.98. The van der Waals surface area contributed by atoms with E-state index in [1.165, 1.54) is 0 Å².